The van der Waals surface area contributed by atoms with Gasteiger partial charge in [0, 0.05) is 12.8 Å². The van der Waals surface area contributed by atoms with E-state index in [1.54, 1.807) is 0 Å². The average molecular weight is 583 g/mol. The molecule has 0 unspecified atom stereocenters. The molecule has 244 valence electrons. The molecule has 0 spiro atoms. The van der Waals surface area contributed by atoms with Gasteiger partial charge in [0.05, 0.1) is 6.61 Å². The molecular formula is C36H70O5. The van der Waals surface area contributed by atoms with Gasteiger partial charge >= 0.3 is 11.9 Å². The standard InChI is InChI=1S/C36H70O5/c1-4-5-6-7-8-9-10-11-12-13-14-15-16-17-18-19-24-27-30-36(39)41-34(31-37)32-40-35(38)29-26-23-21-20-22-25-28-33(2)3/h33-34,37H,4-32H2,1-3H3/t34-/m0/s1. The van der Waals surface area contributed by atoms with Gasteiger partial charge in [0.25, 0.3) is 0 Å². The Morgan fingerprint density at radius 1 is 0.537 bits per heavy atom. The summed E-state index contributed by atoms with van der Waals surface area (Å²) in [6.07, 6.45) is 31.8. The van der Waals surface area contributed by atoms with Crippen molar-refractivity contribution < 1.29 is 24.2 Å². The second-order valence-electron chi connectivity index (χ2n) is 12.8. The molecule has 0 amide bonds. The van der Waals surface area contributed by atoms with Crippen molar-refractivity contribution in [1.82, 2.24) is 0 Å². The number of ether oxygens (including phenoxy) is 2. The number of hydrogen-bond acceptors (Lipinski definition) is 5. The van der Waals surface area contributed by atoms with Gasteiger partial charge in [-0.2, -0.15) is 0 Å². The average Bonchev–Trinajstić information content (AvgIpc) is 2.95. The Hall–Kier alpha value is -1.10. The molecule has 1 atom stereocenters. The maximum absolute atomic E-state index is 12.1. The number of hydrogen-bond donors (Lipinski definition) is 1. The van der Waals surface area contributed by atoms with Crippen molar-refractivity contribution in [1.29, 1.82) is 0 Å². The van der Waals surface area contributed by atoms with E-state index >= 15 is 0 Å². The summed E-state index contributed by atoms with van der Waals surface area (Å²) in [5.41, 5.74) is 0. The summed E-state index contributed by atoms with van der Waals surface area (Å²) in [6, 6.07) is 0. The van der Waals surface area contributed by atoms with Crippen LogP contribution >= 0.6 is 0 Å². The van der Waals surface area contributed by atoms with Crippen LogP contribution in [0.5, 0.6) is 0 Å². The lowest BCUT2D eigenvalue weighted by atomic mass is 10.0. The van der Waals surface area contributed by atoms with Gasteiger partial charge in [0.15, 0.2) is 6.10 Å². The molecule has 0 bridgehead atoms. The Bertz CT molecular complexity index is 562. The van der Waals surface area contributed by atoms with Crippen molar-refractivity contribution in [2.24, 2.45) is 5.92 Å². The molecule has 5 nitrogen and oxygen atoms in total. The summed E-state index contributed by atoms with van der Waals surface area (Å²) in [4.78, 5) is 24.1. The van der Waals surface area contributed by atoms with Crippen molar-refractivity contribution in [3.8, 4) is 0 Å². The number of rotatable bonds is 32. The Morgan fingerprint density at radius 2 is 0.902 bits per heavy atom. The zero-order chi connectivity index (χ0) is 30.2. The number of carbonyl (C=O) groups is 2. The fourth-order valence-electron chi connectivity index (χ4n) is 5.33. The topological polar surface area (TPSA) is 72.8 Å². The summed E-state index contributed by atoms with van der Waals surface area (Å²) in [7, 11) is 0. The molecule has 0 aliphatic carbocycles. The third-order valence-electron chi connectivity index (χ3n) is 8.08. The van der Waals surface area contributed by atoms with Gasteiger partial charge in [0.1, 0.15) is 6.61 Å². The van der Waals surface area contributed by atoms with Crippen LogP contribution in [-0.4, -0.2) is 36.4 Å². The monoisotopic (exact) mass is 583 g/mol. The first-order chi connectivity index (χ1) is 20.0. The Morgan fingerprint density at radius 3 is 1.29 bits per heavy atom. The second kappa shape index (κ2) is 31.8. The van der Waals surface area contributed by atoms with E-state index in [1.807, 2.05) is 0 Å². The number of carbonyl (C=O) groups excluding carboxylic acids is 2. The number of esters is 2. The maximum atomic E-state index is 12.1. The summed E-state index contributed by atoms with van der Waals surface area (Å²) < 4.78 is 10.5. The van der Waals surface area contributed by atoms with Gasteiger partial charge < -0.3 is 14.6 Å². The molecular weight excluding hydrogens is 512 g/mol. The maximum Gasteiger partial charge on any atom is 0.306 e. The van der Waals surface area contributed by atoms with E-state index < -0.39 is 6.10 Å². The molecule has 0 rings (SSSR count). The molecule has 0 radical (unpaired) electrons. The molecule has 0 aromatic carbocycles. The minimum absolute atomic E-state index is 0.0601. The minimum atomic E-state index is -0.761. The molecule has 0 fully saturated rings. The van der Waals surface area contributed by atoms with Crippen LogP contribution in [0.4, 0.5) is 0 Å². The van der Waals surface area contributed by atoms with Crippen LogP contribution in [0.25, 0.3) is 0 Å². The quantitative estimate of drug-likeness (QED) is 0.0631. The zero-order valence-electron chi connectivity index (χ0n) is 27.7. The molecule has 0 saturated heterocycles. The van der Waals surface area contributed by atoms with Crippen LogP contribution in [0.1, 0.15) is 194 Å². The van der Waals surface area contributed by atoms with Gasteiger partial charge in [-0.15, -0.1) is 0 Å². The molecule has 0 aliphatic heterocycles. The van der Waals surface area contributed by atoms with Gasteiger partial charge in [-0.25, -0.2) is 0 Å². The molecule has 5 heteroatoms. The predicted molar refractivity (Wildman–Crippen MR) is 173 cm³/mol. The number of unbranched alkanes of at least 4 members (excludes halogenated alkanes) is 22. The smallest absolute Gasteiger partial charge is 0.306 e. The molecule has 0 aromatic heterocycles. The van der Waals surface area contributed by atoms with Crippen LogP contribution in [0.15, 0.2) is 0 Å². The fourth-order valence-corrected chi connectivity index (χ4v) is 5.33. The van der Waals surface area contributed by atoms with Gasteiger partial charge in [-0.1, -0.05) is 168 Å². The van der Waals surface area contributed by atoms with Crippen molar-refractivity contribution in [2.45, 2.75) is 200 Å². The summed E-state index contributed by atoms with van der Waals surface area (Å²) in [6.45, 7) is 6.41. The normalized spacial score (nSPS) is 12.1. The first-order valence-corrected chi connectivity index (χ1v) is 18.0. The highest BCUT2D eigenvalue weighted by atomic mass is 16.6. The van der Waals surface area contributed by atoms with Crippen molar-refractivity contribution in [3.05, 3.63) is 0 Å². The summed E-state index contributed by atoms with van der Waals surface area (Å²) in [5.74, 6) is 0.192. The lowest BCUT2D eigenvalue weighted by Gasteiger charge is -2.15. The Balaban J connectivity index is 3.49. The van der Waals surface area contributed by atoms with Crippen molar-refractivity contribution >= 4 is 11.9 Å². The highest BCUT2D eigenvalue weighted by Gasteiger charge is 2.16. The molecule has 0 aromatic rings. The molecule has 0 saturated carbocycles. The predicted octanol–water partition coefficient (Wildman–Crippen LogP) is 10.6. The fraction of sp³-hybridized carbons (Fsp3) is 0.944. The van der Waals surface area contributed by atoms with E-state index in [-0.39, 0.29) is 25.2 Å². The van der Waals surface area contributed by atoms with E-state index in [1.165, 1.54) is 122 Å². The SMILES string of the molecule is CCCCCCCCCCCCCCCCCCCCC(=O)O[C@@H](CO)COC(=O)CCCCCCCCC(C)C. The Labute approximate surface area is 255 Å². The van der Waals surface area contributed by atoms with Gasteiger partial charge in [-0.05, 0) is 18.8 Å². The molecule has 1 N–H and O–H groups in total. The molecule has 0 aliphatic rings. The first-order valence-electron chi connectivity index (χ1n) is 18.0. The third-order valence-corrected chi connectivity index (χ3v) is 8.08. The number of aliphatic hydroxyl groups excluding tert-OH is 1. The van der Waals surface area contributed by atoms with E-state index in [0.717, 1.165) is 44.4 Å². The zero-order valence-corrected chi connectivity index (χ0v) is 27.7. The lowest BCUT2D eigenvalue weighted by Crippen LogP contribution is -2.28. The molecule has 41 heavy (non-hydrogen) atoms. The van der Waals surface area contributed by atoms with E-state index in [4.69, 9.17) is 9.47 Å². The largest absolute Gasteiger partial charge is 0.462 e. The highest BCUT2D eigenvalue weighted by molar-refractivity contribution is 5.70. The van der Waals surface area contributed by atoms with E-state index in [9.17, 15) is 14.7 Å². The summed E-state index contributed by atoms with van der Waals surface area (Å²) >= 11 is 0. The first kappa shape index (κ1) is 39.9. The van der Waals surface area contributed by atoms with E-state index in [0.29, 0.717) is 12.8 Å². The van der Waals surface area contributed by atoms with E-state index in [2.05, 4.69) is 20.8 Å². The van der Waals surface area contributed by atoms with Crippen LogP contribution < -0.4 is 0 Å². The second-order valence-corrected chi connectivity index (χ2v) is 12.8. The third kappa shape index (κ3) is 31.7. The van der Waals surface area contributed by atoms with Crippen LogP contribution in [0, 0.1) is 5.92 Å². The Kier molecular flexibility index (Phi) is 31.0. The van der Waals surface area contributed by atoms with Crippen LogP contribution in [-0.2, 0) is 19.1 Å². The highest BCUT2D eigenvalue weighted by Crippen LogP contribution is 2.15. The summed E-state index contributed by atoms with van der Waals surface area (Å²) in [5, 5.41) is 9.50. The minimum Gasteiger partial charge on any atom is -0.462 e. The van der Waals surface area contributed by atoms with Crippen LogP contribution in [0.2, 0.25) is 0 Å². The lowest BCUT2D eigenvalue weighted by molar-refractivity contribution is -0.161. The van der Waals surface area contributed by atoms with Gasteiger partial charge in [-0.3, -0.25) is 9.59 Å². The molecule has 0 heterocycles. The van der Waals surface area contributed by atoms with Crippen molar-refractivity contribution in [3.63, 3.8) is 0 Å². The van der Waals surface area contributed by atoms with Gasteiger partial charge in [0.2, 0.25) is 0 Å². The number of aliphatic hydroxyl groups is 1. The van der Waals surface area contributed by atoms with Crippen LogP contribution in [0.3, 0.4) is 0 Å². The van der Waals surface area contributed by atoms with Crippen molar-refractivity contribution in [2.75, 3.05) is 13.2 Å².